The molecule has 1 heterocycles. The summed E-state index contributed by atoms with van der Waals surface area (Å²) in [5.74, 6) is 0.351. The average Bonchev–Trinajstić information content (AvgIpc) is 2.91. The molecule has 4 heteroatoms. The van der Waals surface area contributed by atoms with E-state index in [-0.39, 0.29) is 18.0 Å². The fourth-order valence-corrected chi connectivity index (χ4v) is 4.48. The molecule has 1 fully saturated rings. The van der Waals surface area contributed by atoms with E-state index in [1.54, 1.807) is 11.3 Å². The molecule has 0 aliphatic heterocycles. The Morgan fingerprint density at radius 2 is 2.19 bits per heavy atom. The molecule has 0 bridgehead atoms. The van der Waals surface area contributed by atoms with Gasteiger partial charge in [0.05, 0.1) is 12.0 Å². The van der Waals surface area contributed by atoms with E-state index in [9.17, 15) is 4.79 Å². The molecule has 0 saturated heterocycles. The van der Waals surface area contributed by atoms with Crippen LogP contribution in [0, 0.1) is 23.2 Å². The van der Waals surface area contributed by atoms with Crippen molar-refractivity contribution >= 4 is 17.3 Å². The minimum absolute atomic E-state index is 0.127. The zero-order valence-corrected chi connectivity index (χ0v) is 13.2. The predicted molar refractivity (Wildman–Crippen MR) is 82.3 cm³/mol. The Labute approximate surface area is 129 Å². The van der Waals surface area contributed by atoms with Crippen LogP contribution in [0.15, 0.2) is 6.07 Å². The standard InChI is InChI=1S/C17H21NO2S/c1-11-6-7-15-13(8-11)9-16(21-15)17(19)20-14-5-3-2-4-12(14)10-18/h9,11-12,14H,2-8H2,1H3/t11-,12-,14-/m1/s1. The largest absolute Gasteiger partial charge is 0.457 e. The summed E-state index contributed by atoms with van der Waals surface area (Å²) in [5, 5.41) is 9.17. The SMILES string of the molecule is C[C@@H]1CCc2sc(C(=O)O[C@@H]3CCCC[C@@H]3C#N)cc2C1. The van der Waals surface area contributed by atoms with Gasteiger partial charge in [-0.15, -0.1) is 11.3 Å². The Morgan fingerprint density at radius 1 is 1.38 bits per heavy atom. The Bertz CT molecular complexity index is 572. The van der Waals surface area contributed by atoms with Crippen LogP contribution in [-0.2, 0) is 17.6 Å². The summed E-state index contributed by atoms with van der Waals surface area (Å²) in [7, 11) is 0. The highest BCUT2D eigenvalue weighted by atomic mass is 32.1. The zero-order valence-electron chi connectivity index (χ0n) is 12.4. The minimum Gasteiger partial charge on any atom is -0.457 e. The molecule has 1 saturated carbocycles. The second-order valence-corrected chi connectivity index (χ2v) is 7.51. The summed E-state index contributed by atoms with van der Waals surface area (Å²) in [6.07, 6.45) is 6.95. The Hall–Kier alpha value is -1.34. The number of hydrogen-bond acceptors (Lipinski definition) is 4. The smallest absolute Gasteiger partial charge is 0.348 e. The van der Waals surface area contributed by atoms with Crippen molar-refractivity contribution in [3.63, 3.8) is 0 Å². The molecule has 21 heavy (non-hydrogen) atoms. The molecule has 112 valence electrons. The molecule has 3 nitrogen and oxygen atoms in total. The lowest BCUT2D eigenvalue weighted by atomic mass is 9.87. The van der Waals surface area contributed by atoms with E-state index in [1.807, 2.05) is 6.07 Å². The highest BCUT2D eigenvalue weighted by Gasteiger charge is 2.29. The van der Waals surface area contributed by atoms with Crippen LogP contribution in [0.1, 0.15) is 59.1 Å². The van der Waals surface area contributed by atoms with Gasteiger partial charge in [-0.25, -0.2) is 4.79 Å². The molecule has 1 aromatic rings. The van der Waals surface area contributed by atoms with Crippen molar-refractivity contribution in [2.45, 2.75) is 58.0 Å². The number of carbonyl (C=O) groups excluding carboxylic acids is 1. The topological polar surface area (TPSA) is 50.1 Å². The van der Waals surface area contributed by atoms with Gasteiger partial charge in [-0.3, -0.25) is 0 Å². The van der Waals surface area contributed by atoms with Gasteiger partial charge in [0.15, 0.2) is 0 Å². The van der Waals surface area contributed by atoms with E-state index in [0.29, 0.717) is 5.92 Å². The van der Waals surface area contributed by atoms with Crippen molar-refractivity contribution in [3.8, 4) is 6.07 Å². The second-order valence-electron chi connectivity index (χ2n) is 6.37. The van der Waals surface area contributed by atoms with Gasteiger partial charge in [-0.05, 0) is 56.1 Å². The van der Waals surface area contributed by atoms with Crippen LogP contribution in [-0.4, -0.2) is 12.1 Å². The lowest BCUT2D eigenvalue weighted by Crippen LogP contribution is -2.29. The number of carbonyl (C=O) groups is 1. The van der Waals surface area contributed by atoms with Crippen molar-refractivity contribution in [1.82, 2.24) is 0 Å². The van der Waals surface area contributed by atoms with E-state index in [0.717, 1.165) is 43.4 Å². The molecule has 0 unspecified atom stereocenters. The minimum atomic E-state index is -0.228. The summed E-state index contributed by atoms with van der Waals surface area (Å²) in [4.78, 5) is 14.4. The van der Waals surface area contributed by atoms with Crippen LogP contribution in [0.4, 0.5) is 0 Å². The van der Waals surface area contributed by atoms with Crippen LogP contribution in [0.3, 0.4) is 0 Å². The third kappa shape index (κ3) is 3.13. The Kier molecular flexibility index (Phi) is 4.30. The number of nitriles is 1. The number of fused-ring (bicyclic) bond motifs is 1. The number of rotatable bonds is 2. The summed E-state index contributed by atoms with van der Waals surface area (Å²) in [5.41, 5.74) is 1.33. The Balaban J connectivity index is 1.69. The number of thiophene rings is 1. The van der Waals surface area contributed by atoms with Gasteiger partial charge in [-0.2, -0.15) is 5.26 Å². The molecule has 3 atom stereocenters. The zero-order chi connectivity index (χ0) is 14.8. The fourth-order valence-electron chi connectivity index (χ4n) is 3.39. The predicted octanol–water partition coefficient (Wildman–Crippen LogP) is 4.11. The molecule has 1 aromatic heterocycles. The average molecular weight is 303 g/mol. The van der Waals surface area contributed by atoms with Crippen molar-refractivity contribution < 1.29 is 9.53 Å². The quantitative estimate of drug-likeness (QED) is 0.772. The van der Waals surface area contributed by atoms with Gasteiger partial charge in [0.1, 0.15) is 11.0 Å². The molecule has 0 aromatic carbocycles. The van der Waals surface area contributed by atoms with Crippen molar-refractivity contribution in [3.05, 3.63) is 21.4 Å². The number of aryl methyl sites for hydroxylation is 1. The lowest BCUT2D eigenvalue weighted by molar-refractivity contribution is 0.0113. The molecule has 0 N–H and O–H groups in total. The van der Waals surface area contributed by atoms with E-state index < -0.39 is 0 Å². The van der Waals surface area contributed by atoms with Crippen LogP contribution >= 0.6 is 11.3 Å². The first-order valence-electron chi connectivity index (χ1n) is 7.89. The number of ether oxygens (including phenoxy) is 1. The third-order valence-corrected chi connectivity index (χ3v) is 5.87. The second kappa shape index (κ2) is 6.19. The Morgan fingerprint density at radius 3 is 3.00 bits per heavy atom. The maximum atomic E-state index is 12.4. The molecule has 2 aliphatic carbocycles. The number of nitrogens with zero attached hydrogens (tertiary/aromatic N) is 1. The van der Waals surface area contributed by atoms with Crippen LogP contribution in [0.25, 0.3) is 0 Å². The van der Waals surface area contributed by atoms with E-state index >= 15 is 0 Å². The first-order chi connectivity index (χ1) is 10.2. The van der Waals surface area contributed by atoms with Gasteiger partial charge >= 0.3 is 5.97 Å². The summed E-state index contributed by atoms with van der Waals surface area (Å²) in [6.45, 7) is 2.26. The lowest BCUT2D eigenvalue weighted by Gasteiger charge is -2.26. The molecule has 0 radical (unpaired) electrons. The highest BCUT2D eigenvalue weighted by molar-refractivity contribution is 7.14. The van der Waals surface area contributed by atoms with E-state index in [1.165, 1.54) is 16.9 Å². The monoisotopic (exact) mass is 303 g/mol. The fraction of sp³-hybridized carbons (Fsp3) is 0.647. The van der Waals surface area contributed by atoms with Gasteiger partial charge in [0.25, 0.3) is 0 Å². The highest BCUT2D eigenvalue weighted by Crippen LogP contribution is 2.33. The van der Waals surface area contributed by atoms with Crippen molar-refractivity contribution in [1.29, 1.82) is 5.26 Å². The summed E-state index contributed by atoms with van der Waals surface area (Å²) < 4.78 is 5.63. The molecular formula is C17H21NO2S. The van der Waals surface area contributed by atoms with Gasteiger partial charge in [0.2, 0.25) is 0 Å². The van der Waals surface area contributed by atoms with Gasteiger partial charge < -0.3 is 4.74 Å². The first kappa shape index (κ1) is 14.6. The van der Waals surface area contributed by atoms with E-state index in [4.69, 9.17) is 10.00 Å². The molecule has 0 amide bonds. The van der Waals surface area contributed by atoms with Crippen molar-refractivity contribution in [2.24, 2.45) is 11.8 Å². The number of hydrogen-bond donors (Lipinski definition) is 0. The van der Waals surface area contributed by atoms with Crippen LogP contribution < -0.4 is 0 Å². The first-order valence-corrected chi connectivity index (χ1v) is 8.71. The number of esters is 1. The van der Waals surface area contributed by atoms with Gasteiger partial charge in [0, 0.05) is 4.88 Å². The maximum absolute atomic E-state index is 12.4. The molecular weight excluding hydrogens is 282 g/mol. The van der Waals surface area contributed by atoms with Crippen LogP contribution in [0.5, 0.6) is 0 Å². The summed E-state index contributed by atoms with van der Waals surface area (Å²) >= 11 is 1.59. The van der Waals surface area contributed by atoms with Crippen LogP contribution in [0.2, 0.25) is 0 Å². The third-order valence-electron chi connectivity index (χ3n) is 4.66. The molecule has 0 spiro atoms. The van der Waals surface area contributed by atoms with E-state index in [2.05, 4.69) is 13.0 Å². The van der Waals surface area contributed by atoms with Gasteiger partial charge in [-0.1, -0.05) is 13.3 Å². The van der Waals surface area contributed by atoms with Crippen molar-refractivity contribution in [2.75, 3.05) is 0 Å². The molecule has 2 aliphatic rings. The normalized spacial score (nSPS) is 28.5. The molecule has 3 rings (SSSR count). The maximum Gasteiger partial charge on any atom is 0.348 e. The summed E-state index contributed by atoms with van der Waals surface area (Å²) in [6, 6.07) is 4.31.